The van der Waals surface area contributed by atoms with Crippen LogP contribution in [-0.4, -0.2) is 35.6 Å². The summed E-state index contributed by atoms with van der Waals surface area (Å²) in [7, 11) is 0. The van der Waals surface area contributed by atoms with E-state index >= 15 is 0 Å². The Balaban J connectivity index is 1.95. The van der Waals surface area contributed by atoms with Crippen molar-refractivity contribution in [1.82, 2.24) is 5.32 Å². The predicted octanol–water partition coefficient (Wildman–Crippen LogP) is 2.39. The molecule has 0 radical (unpaired) electrons. The maximum absolute atomic E-state index is 12.8. The van der Waals surface area contributed by atoms with Crippen LogP contribution in [0.5, 0.6) is 5.75 Å². The molecule has 0 spiro atoms. The summed E-state index contributed by atoms with van der Waals surface area (Å²) in [5, 5.41) is 13.3. The Morgan fingerprint density at radius 3 is 2.74 bits per heavy atom. The number of fused-ring (bicyclic) bond motifs is 1. The van der Waals surface area contributed by atoms with Gasteiger partial charge in [0.25, 0.3) is 5.91 Å². The van der Waals surface area contributed by atoms with Crippen LogP contribution < -0.4 is 15.0 Å². The largest absolute Gasteiger partial charge is 0.478 e. The fraction of sp³-hybridized carbons (Fsp3) is 0.400. The smallest absolute Gasteiger partial charge is 0.268 e. The average Bonchev–Trinajstić information content (AvgIpc) is 3.17. The summed E-state index contributed by atoms with van der Waals surface area (Å²) in [5.74, 6) is 0.384. The molecule has 2 atom stereocenters. The van der Waals surface area contributed by atoms with E-state index in [1.807, 2.05) is 20.8 Å². The van der Waals surface area contributed by atoms with Crippen molar-refractivity contribution in [3.05, 3.63) is 47.9 Å². The summed E-state index contributed by atoms with van der Waals surface area (Å²) < 4.78 is 11.0. The van der Waals surface area contributed by atoms with Crippen LogP contribution in [0, 0.1) is 0 Å². The van der Waals surface area contributed by atoms with E-state index in [9.17, 15) is 14.7 Å². The second-order valence-electron chi connectivity index (χ2n) is 6.81. The van der Waals surface area contributed by atoms with Crippen LogP contribution in [0.25, 0.3) is 0 Å². The van der Waals surface area contributed by atoms with Gasteiger partial charge >= 0.3 is 0 Å². The molecule has 3 rings (SSSR count). The van der Waals surface area contributed by atoms with Gasteiger partial charge in [-0.15, -0.1) is 0 Å². The Bertz CT molecular complexity index is 816. The van der Waals surface area contributed by atoms with Crippen molar-refractivity contribution in [1.29, 1.82) is 0 Å². The van der Waals surface area contributed by atoms with Gasteiger partial charge in [-0.3, -0.25) is 14.5 Å². The standard InChI is InChI=1S/C20H24N2O5/c1-4-15-20(25)22(11-18(23)21-12(2)3)14-10-13(7-8-16(14)27-15)19(24)17-6-5-9-26-17/h5-10,12,15,19,24H,4,11H2,1-3H3,(H,21,23)/t15-,19+/m0/s1. The Morgan fingerprint density at radius 2 is 2.11 bits per heavy atom. The number of carbonyl (C=O) groups excluding carboxylic acids is 2. The second kappa shape index (κ2) is 7.84. The van der Waals surface area contributed by atoms with E-state index in [0.717, 1.165) is 0 Å². The highest BCUT2D eigenvalue weighted by molar-refractivity contribution is 6.04. The van der Waals surface area contributed by atoms with Crippen molar-refractivity contribution in [3.8, 4) is 5.75 Å². The van der Waals surface area contributed by atoms with Gasteiger partial charge in [0.1, 0.15) is 24.2 Å². The minimum Gasteiger partial charge on any atom is -0.478 e. The van der Waals surface area contributed by atoms with Crippen LogP contribution in [-0.2, 0) is 9.59 Å². The van der Waals surface area contributed by atoms with Crippen LogP contribution in [0.15, 0.2) is 41.0 Å². The fourth-order valence-corrected chi connectivity index (χ4v) is 3.05. The molecule has 2 aromatic rings. The quantitative estimate of drug-likeness (QED) is 0.812. The van der Waals surface area contributed by atoms with E-state index in [1.165, 1.54) is 11.2 Å². The Labute approximate surface area is 157 Å². The van der Waals surface area contributed by atoms with Gasteiger partial charge in [0, 0.05) is 6.04 Å². The number of hydrogen-bond donors (Lipinski definition) is 2. The number of aliphatic hydroxyl groups is 1. The lowest BCUT2D eigenvalue weighted by atomic mass is 10.0. The monoisotopic (exact) mass is 372 g/mol. The van der Waals surface area contributed by atoms with Crippen molar-refractivity contribution in [2.75, 3.05) is 11.4 Å². The highest BCUT2D eigenvalue weighted by Crippen LogP contribution is 2.37. The van der Waals surface area contributed by atoms with Gasteiger partial charge in [0.05, 0.1) is 12.0 Å². The minimum absolute atomic E-state index is 0.0257. The maximum Gasteiger partial charge on any atom is 0.268 e. The molecule has 0 saturated heterocycles. The number of amides is 2. The van der Waals surface area contributed by atoms with Gasteiger partial charge in [-0.05, 0) is 50.1 Å². The maximum atomic E-state index is 12.8. The molecule has 7 nitrogen and oxygen atoms in total. The van der Waals surface area contributed by atoms with E-state index in [1.54, 1.807) is 30.3 Å². The summed E-state index contributed by atoms with van der Waals surface area (Å²) in [5.41, 5.74) is 1.01. The van der Waals surface area contributed by atoms with E-state index in [4.69, 9.17) is 9.15 Å². The zero-order valence-electron chi connectivity index (χ0n) is 15.6. The second-order valence-corrected chi connectivity index (χ2v) is 6.81. The van der Waals surface area contributed by atoms with Crippen LogP contribution >= 0.6 is 0 Å². The van der Waals surface area contributed by atoms with Gasteiger partial charge in [0.2, 0.25) is 5.91 Å². The number of benzene rings is 1. The Kier molecular flexibility index (Phi) is 5.51. The van der Waals surface area contributed by atoms with Gasteiger partial charge in [-0.25, -0.2) is 0 Å². The minimum atomic E-state index is -0.976. The molecule has 0 aliphatic carbocycles. The number of anilines is 1. The molecule has 1 aromatic heterocycles. The van der Waals surface area contributed by atoms with Gasteiger partial charge < -0.3 is 19.6 Å². The number of ether oxygens (including phenoxy) is 1. The third-order valence-corrected chi connectivity index (χ3v) is 4.34. The van der Waals surface area contributed by atoms with Crippen molar-refractivity contribution in [3.63, 3.8) is 0 Å². The third kappa shape index (κ3) is 3.98. The van der Waals surface area contributed by atoms with E-state index in [2.05, 4.69) is 5.32 Å². The van der Waals surface area contributed by atoms with Gasteiger partial charge in [-0.1, -0.05) is 13.0 Å². The average molecular weight is 372 g/mol. The molecule has 2 N–H and O–H groups in total. The molecule has 1 aliphatic heterocycles. The first kappa shape index (κ1) is 19.0. The lowest BCUT2D eigenvalue weighted by molar-refractivity contribution is -0.129. The zero-order chi connectivity index (χ0) is 19.6. The lowest BCUT2D eigenvalue weighted by Crippen LogP contribution is -2.50. The molecule has 0 fully saturated rings. The molecule has 0 bridgehead atoms. The van der Waals surface area contributed by atoms with Crippen LogP contribution in [0.1, 0.15) is 44.6 Å². The molecule has 2 heterocycles. The van der Waals surface area contributed by atoms with E-state index in [0.29, 0.717) is 29.2 Å². The van der Waals surface area contributed by atoms with Gasteiger partial charge in [-0.2, -0.15) is 0 Å². The number of hydrogen-bond acceptors (Lipinski definition) is 5. The predicted molar refractivity (Wildman–Crippen MR) is 99.6 cm³/mol. The highest BCUT2D eigenvalue weighted by Gasteiger charge is 2.35. The number of aliphatic hydroxyl groups excluding tert-OH is 1. The van der Waals surface area contributed by atoms with Crippen molar-refractivity contribution in [2.45, 2.75) is 45.4 Å². The van der Waals surface area contributed by atoms with Crippen LogP contribution in [0.3, 0.4) is 0 Å². The number of furan rings is 1. The molecule has 27 heavy (non-hydrogen) atoms. The molecular formula is C20H24N2O5. The highest BCUT2D eigenvalue weighted by atomic mass is 16.5. The summed E-state index contributed by atoms with van der Waals surface area (Å²) in [4.78, 5) is 26.5. The molecule has 7 heteroatoms. The molecule has 0 unspecified atom stereocenters. The zero-order valence-corrected chi connectivity index (χ0v) is 15.6. The molecule has 0 saturated carbocycles. The lowest BCUT2D eigenvalue weighted by Gasteiger charge is -2.34. The molecule has 2 amide bonds. The van der Waals surface area contributed by atoms with Crippen LogP contribution in [0.2, 0.25) is 0 Å². The number of rotatable bonds is 6. The summed E-state index contributed by atoms with van der Waals surface area (Å²) in [6.45, 7) is 5.47. The summed E-state index contributed by atoms with van der Waals surface area (Å²) in [6, 6.07) is 8.43. The first-order valence-electron chi connectivity index (χ1n) is 9.03. The number of carbonyl (C=O) groups is 2. The molecule has 144 valence electrons. The Morgan fingerprint density at radius 1 is 1.33 bits per heavy atom. The van der Waals surface area contributed by atoms with Crippen LogP contribution in [0.4, 0.5) is 5.69 Å². The number of nitrogens with zero attached hydrogens (tertiary/aromatic N) is 1. The fourth-order valence-electron chi connectivity index (χ4n) is 3.05. The van der Waals surface area contributed by atoms with Crippen molar-refractivity contribution < 1.29 is 23.8 Å². The third-order valence-electron chi connectivity index (χ3n) is 4.34. The Hall–Kier alpha value is -2.80. The van der Waals surface area contributed by atoms with Crippen molar-refractivity contribution in [2.24, 2.45) is 0 Å². The summed E-state index contributed by atoms with van der Waals surface area (Å²) in [6.07, 6.45) is 0.371. The number of nitrogens with one attached hydrogen (secondary N) is 1. The topological polar surface area (TPSA) is 92.0 Å². The van der Waals surface area contributed by atoms with Gasteiger partial charge in [0.15, 0.2) is 6.10 Å². The normalized spacial score (nSPS) is 17.4. The first-order chi connectivity index (χ1) is 12.9. The van der Waals surface area contributed by atoms with E-state index < -0.39 is 12.2 Å². The molecule has 1 aromatic carbocycles. The van der Waals surface area contributed by atoms with Crippen molar-refractivity contribution >= 4 is 17.5 Å². The summed E-state index contributed by atoms with van der Waals surface area (Å²) >= 11 is 0. The first-order valence-corrected chi connectivity index (χ1v) is 9.03. The van der Waals surface area contributed by atoms with E-state index in [-0.39, 0.29) is 24.4 Å². The molecular weight excluding hydrogens is 348 g/mol. The SMILES string of the molecule is CC[C@@H]1Oc2ccc([C@@H](O)c3ccco3)cc2N(CC(=O)NC(C)C)C1=O. The molecule has 1 aliphatic rings.